The summed E-state index contributed by atoms with van der Waals surface area (Å²) in [6, 6.07) is 3.68. The van der Waals surface area contributed by atoms with Crippen molar-refractivity contribution in [2.45, 2.75) is 19.4 Å². The van der Waals surface area contributed by atoms with Gasteiger partial charge in [-0.15, -0.1) is 0 Å². The molecule has 0 bridgehead atoms. The van der Waals surface area contributed by atoms with Crippen molar-refractivity contribution in [1.29, 1.82) is 0 Å². The highest BCUT2D eigenvalue weighted by Gasteiger charge is 2.19. The van der Waals surface area contributed by atoms with Crippen LogP contribution in [0.25, 0.3) is 0 Å². The number of carboxylic acid groups (broad SMARTS) is 1. The highest BCUT2D eigenvalue weighted by Crippen LogP contribution is 2.19. The zero-order chi connectivity index (χ0) is 13.7. The van der Waals surface area contributed by atoms with E-state index in [1.165, 1.54) is 19.2 Å². The van der Waals surface area contributed by atoms with Crippen LogP contribution in [0.4, 0.5) is 5.69 Å². The summed E-state index contributed by atoms with van der Waals surface area (Å²) in [5, 5.41) is 11.3. The molecule has 1 rings (SSSR count). The van der Waals surface area contributed by atoms with E-state index in [9.17, 15) is 9.59 Å². The van der Waals surface area contributed by atoms with E-state index in [0.717, 1.165) is 0 Å². The maximum Gasteiger partial charge on any atom is 0.326 e. The highest BCUT2D eigenvalue weighted by atomic mass is 16.5. The van der Waals surface area contributed by atoms with Crippen LogP contribution in [0.3, 0.4) is 0 Å². The molecule has 1 aromatic carbocycles. The Hall–Kier alpha value is -2.24. The fraction of sp³-hybridized carbons (Fsp3) is 0.333. The molecule has 1 amide bonds. The Balaban J connectivity index is 2.87. The predicted molar refractivity (Wildman–Crippen MR) is 66.6 cm³/mol. The molecule has 0 radical (unpaired) electrons. The molecule has 0 fully saturated rings. The second-order valence-electron chi connectivity index (χ2n) is 3.73. The van der Waals surface area contributed by atoms with Crippen molar-refractivity contribution in [1.82, 2.24) is 5.32 Å². The van der Waals surface area contributed by atoms with Crippen molar-refractivity contribution in [2.24, 2.45) is 0 Å². The number of benzene rings is 1. The molecule has 4 N–H and O–H groups in total. The van der Waals surface area contributed by atoms with Gasteiger partial charge >= 0.3 is 5.97 Å². The van der Waals surface area contributed by atoms with Gasteiger partial charge in [0.2, 0.25) is 0 Å². The Morgan fingerprint density at radius 3 is 2.61 bits per heavy atom. The average molecular weight is 252 g/mol. The molecular weight excluding hydrogens is 236 g/mol. The van der Waals surface area contributed by atoms with Crippen molar-refractivity contribution in [2.75, 3.05) is 12.8 Å². The third kappa shape index (κ3) is 3.13. The van der Waals surface area contributed by atoms with Gasteiger partial charge in [0, 0.05) is 11.8 Å². The van der Waals surface area contributed by atoms with Crippen molar-refractivity contribution in [3.63, 3.8) is 0 Å². The molecule has 0 aliphatic carbocycles. The smallest absolute Gasteiger partial charge is 0.326 e. The van der Waals surface area contributed by atoms with Gasteiger partial charge in [-0.25, -0.2) is 4.79 Å². The van der Waals surface area contributed by atoms with Gasteiger partial charge in [0.15, 0.2) is 0 Å². The van der Waals surface area contributed by atoms with Gasteiger partial charge in [0.1, 0.15) is 11.8 Å². The second kappa shape index (κ2) is 5.90. The number of hydrogen-bond donors (Lipinski definition) is 3. The molecule has 0 spiro atoms. The van der Waals surface area contributed by atoms with E-state index >= 15 is 0 Å². The zero-order valence-corrected chi connectivity index (χ0v) is 10.3. The SMILES string of the molecule is CCC(NC(=O)c1ccc(OC)cc1N)C(=O)O. The number of carboxylic acids is 1. The number of nitrogens with one attached hydrogen (secondary N) is 1. The van der Waals surface area contributed by atoms with Crippen LogP contribution in [-0.4, -0.2) is 30.1 Å². The lowest BCUT2D eigenvalue weighted by Crippen LogP contribution is -2.40. The molecule has 0 saturated heterocycles. The van der Waals surface area contributed by atoms with Crippen molar-refractivity contribution < 1.29 is 19.4 Å². The minimum Gasteiger partial charge on any atom is -0.497 e. The molecule has 1 atom stereocenters. The molecule has 0 saturated carbocycles. The molecule has 18 heavy (non-hydrogen) atoms. The van der Waals surface area contributed by atoms with Crippen molar-refractivity contribution in [3.8, 4) is 5.75 Å². The summed E-state index contributed by atoms with van der Waals surface area (Å²) in [6.07, 6.45) is 0.303. The van der Waals surface area contributed by atoms with Crippen LogP contribution in [0.15, 0.2) is 18.2 Å². The molecule has 0 aliphatic rings. The molecule has 6 heteroatoms. The number of carbonyl (C=O) groups is 2. The summed E-state index contributed by atoms with van der Waals surface area (Å²) in [4.78, 5) is 22.7. The van der Waals surface area contributed by atoms with Gasteiger partial charge in [-0.05, 0) is 18.6 Å². The Bertz CT molecular complexity index is 459. The minimum atomic E-state index is -1.07. The van der Waals surface area contributed by atoms with E-state index in [-0.39, 0.29) is 11.3 Å². The van der Waals surface area contributed by atoms with E-state index in [4.69, 9.17) is 15.6 Å². The normalized spacial score (nSPS) is 11.7. The van der Waals surface area contributed by atoms with Crippen LogP contribution >= 0.6 is 0 Å². The number of anilines is 1. The first-order valence-corrected chi connectivity index (χ1v) is 5.46. The maximum absolute atomic E-state index is 11.8. The van der Waals surface area contributed by atoms with Gasteiger partial charge in [-0.3, -0.25) is 4.79 Å². The van der Waals surface area contributed by atoms with E-state index in [2.05, 4.69) is 5.32 Å². The summed E-state index contributed by atoms with van der Waals surface area (Å²) < 4.78 is 4.96. The Kier molecular flexibility index (Phi) is 4.53. The third-order valence-electron chi connectivity index (χ3n) is 2.52. The number of nitrogen functional groups attached to an aromatic ring is 1. The number of amides is 1. The molecule has 0 aliphatic heterocycles. The fourth-order valence-corrected chi connectivity index (χ4v) is 1.45. The lowest BCUT2D eigenvalue weighted by molar-refractivity contribution is -0.139. The molecule has 0 heterocycles. The van der Waals surface area contributed by atoms with Crippen LogP contribution in [0, 0.1) is 0 Å². The second-order valence-corrected chi connectivity index (χ2v) is 3.73. The van der Waals surface area contributed by atoms with E-state index in [1.807, 2.05) is 0 Å². The van der Waals surface area contributed by atoms with E-state index in [1.54, 1.807) is 13.0 Å². The van der Waals surface area contributed by atoms with Crippen molar-refractivity contribution in [3.05, 3.63) is 23.8 Å². The van der Waals surface area contributed by atoms with Gasteiger partial charge in [-0.2, -0.15) is 0 Å². The predicted octanol–water partition coefficient (Wildman–Crippen LogP) is 0.870. The number of aliphatic carboxylic acids is 1. The molecule has 1 aromatic rings. The van der Waals surface area contributed by atoms with Gasteiger partial charge in [0.05, 0.1) is 12.7 Å². The summed E-state index contributed by atoms with van der Waals surface area (Å²) in [6.45, 7) is 1.68. The summed E-state index contributed by atoms with van der Waals surface area (Å²) in [5.74, 6) is -1.04. The first-order valence-electron chi connectivity index (χ1n) is 5.46. The van der Waals surface area contributed by atoms with Gasteiger partial charge in [0.25, 0.3) is 5.91 Å². The van der Waals surface area contributed by atoms with Crippen LogP contribution in [0.5, 0.6) is 5.75 Å². The largest absolute Gasteiger partial charge is 0.497 e. The van der Waals surface area contributed by atoms with Crippen molar-refractivity contribution >= 4 is 17.6 Å². The number of ether oxygens (including phenoxy) is 1. The number of methoxy groups -OCH3 is 1. The Morgan fingerprint density at radius 1 is 1.50 bits per heavy atom. The summed E-state index contributed by atoms with van der Waals surface area (Å²) in [7, 11) is 1.49. The number of carbonyl (C=O) groups excluding carboxylic acids is 1. The fourth-order valence-electron chi connectivity index (χ4n) is 1.45. The Morgan fingerprint density at radius 2 is 2.17 bits per heavy atom. The molecule has 98 valence electrons. The molecular formula is C12H16N2O4. The number of nitrogens with two attached hydrogens (primary N) is 1. The standard InChI is InChI=1S/C12H16N2O4/c1-3-10(12(16)17)14-11(15)8-5-4-7(18-2)6-9(8)13/h4-6,10H,3,13H2,1-2H3,(H,14,15)(H,16,17). The number of hydrogen-bond acceptors (Lipinski definition) is 4. The molecule has 1 unspecified atom stereocenters. The van der Waals surface area contributed by atoms with Crippen LogP contribution in [0.2, 0.25) is 0 Å². The van der Waals surface area contributed by atoms with E-state index < -0.39 is 17.9 Å². The third-order valence-corrected chi connectivity index (χ3v) is 2.52. The first kappa shape index (κ1) is 13.8. The quantitative estimate of drug-likeness (QED) is 0.675. The molecule has 0 aromatic heterocycles. The monoisotopic (exact) mass is 252 g/mol. The zero-order valence-electron chi connectivity index (χ0n) is 10.3. The average Bonchev–Trinajstić information content (AvgIpc) is 2.34. The summed E-state index contributed by atoms with van der Waals surface area (Å²) in [5.41, 5.74) is 6.18. The van der Waals surface area contributed by atoms with Gasteiger partial charge < -0.3 is 20.9 Å². The lowest BCUT2D eigenvalue weighted by atomic mass is 10.1. The summed E-state index contributed by atoms with van der Waals surface area (Å²) >= 11 is 0. The minimum absolute atomic E-state index is 0.232. The lowest BCUT2D eigenvalue weighted by Gasteiger charge is -2.13. The van der Waals surface area contributed by atoms with Crippen LogP contribution in [0.1, 0.15) is 23.7 Å². The Labute approximate surface area is 105 Å². The number of rotatable bonds is 5. The highest BCUT2D eigenvalue weighted by molar-refractivity contribution is 6.01. The molecule has 6 nitrogen and oxygen atoms in total. The topological polar surface area (TPSA) is 102 Å². The van der Waals surface area contributed by atoms with Gasteiger partial charge in [-0.1, -0.05) is 6.92 Å². The van der Waals surface area contributed by atoms with E-state index in [0.29, 0.717) is 12.2 Å². The first-order chi connectivity index (χ1) is 8.49. The van der Waals surface area contributed by atoms with Crippen LogP contribution < -0.4 is 15.8 Å². The van der Waals surface area contributed by atoms with Crippen LogP contribution in [-0.2, 0) is 4.79 Å². The maximum atomic E-state index is 11.8.